The van der Waals surface area contributed by atoms with Gasteiger partial charge in [0.25, 0.3) is 0 Å². The maximum absolute atomic E-state index is 11.9. The normalized spacial score (nSPS) is 20.8. The average molecular weight is 332 g/mol. The van der Waals surface area contributed by atoms with Crippen molar-refractivity contribution in [2.24, 2.45) is 0 Å². The van der Waals surface area contributed by atoms with Crippen LogP contribution in [0.2, 0.25) is 0 Å². The summed E-state index contributed by atoms with van der Waals surface area (Å²) in [5, 5.41) is 2.89. The van der Waals surface area contributed by atoms with E-state index in [0.717, 1.165) is 57.6 Å². The van der Waals surface area contributed by atoms with Crippen molar-refractivity contribution >= 4 is 6.03 Å². The van der Waals surface area contributed by atoms with Crippen LogP contribution in [0.15, 0.2) is 24.5 Å². The van der Waals surface area contributed by atoms with E-state index in [9.17, 15) is 4.79 Å². The summed E-state index contributed by atoms with van der Waals surface area (Å²) < 4.78 is 6.04. The summed E-state index contributed by atoms with van der Waals surface area (Å²) >= 11 is 0. The molecule has 0 aromatic carbocycles. The summed E-state index contributed by atoms with van der Waals surface area (Å²) in [6.07, 6.45) is 8.14. The first-order valence-corrected chi connectivity index (χ1v) is 9.09. The zero-order chi connectivity index (χ0) is 16.8. The number of nitrogens with one attached hydrogen (secondary N) is 1. The van der Waals surface area contributed by atoms with Crippen molar-refractivity contribution in [3.05, 3.63) is 24.5 Å². The third kappa shape index (κ3) is 4.38. The average Bonchev–Trinajstić information content (AvgIpc) is 2.64. The van der Waals surface area contributed by atoms with Gasteiger partial charge in [0, 0.05) is 51.2 Å². The molecule has 6 nitrogen and oxygen atoms in total. The standard InChI is InChI=1S/C18H28N4O2/c1-2-20-18(23)22-11-5-15(6-12-22)21-13-7-17(8-14-21)24-16-3-9-19-10-4-16/h3-4,9-10,15,17H,2,5-8,11-14H2,1H3,(H,20,23). The van der Waals surface area contributed by atoms with Crippen LogP contribution in [0.5, 0.6) is 5.75 Å². The number of carbonyl (C=O) groups is 1. The smallest absolute Gasteiger partial charge is 0.317 e. The van der Waals surface area contributed by atoms with E-state index >= 15 is 0 Å². The summed E-state index contributed by atoms with van der Waals surface area (Å²) in [6.45, 7) is 6.56. The van der Waals surface area contributed by atoms with Gasteiger partial charge in [0.05, 0.1) is 0 Å². The predicted molar refractivity (Wildman–Crippen MR) is 93.1 cm³/mol. The second-order valence-corrected chi connectivity index (χ2v) is 6.59. The van der Waals surface area contributed by atoms with Gasteiger partial charge >= 0.3 is 6.03 Å². The van der Waals surface area contributed by atoms with Crippen molar-refractivity contribution in [2.45, 2.75) is 44.8 Å². The first kappa shape index (κ1) is 17.0. The minimum Gasteiger partial charge on any atom is -0.490 e. The number of piperidine rings is 2. The van der Waals surface area contributed by atoms with Gasteiger partial charge in [-0.1, -0.05) is 0 Å². The second kappa shape index (κ2) is 8.33. The van der Waals surface area contributed by atoms with Crippen LogP contribution in [0.4, 0.5) is 4.79 Å². The van der Waals surface area contributed by atoms with E-state index < -0.39 is 0 Å². The molecule has 132 valence electrons. The van der Waals surface area contributed by atoms with Crippen molar-refractivity contribution in [1.29, 1.82) is 0 Å². The quantitative estimate of drug-likeness (QED) is 0.917. The summed E-state index contributed by atoms with van der Waals surface area (Å²) in [5.41, 5.74) is 0. The number of ether oxygens (including phenoxy) is 1. The number of likely N-dealkylation sites (tertiary alicyclic amines) is 2. The number of hydrogen-bond acceptors (Lipinski definition) is 4. The number of aromatic nitrogens is 1. The number of rotatable bonds is 4. The Balaban J connectivity index is 1.40. The molecular weight excluding hydrogens is 304 g/mol. The van der Waals surface area contributed by atoms with Gasteiger partial charge in [-0.2, -0.15) is 0 Å². The van der Waals surface area contributed by atoms with E-state index in [2.05, 4.69) is 15.2 Å². The summed E-state index contributed by atoms with van der Waals surface area (Å²) in [7, 11) is 0. The lowest BCUT2D eigenvalue weighted by Crippen LogP contribution is -2.51. The minimum absolute atomic E-state index is 0.0837. The Kier molecular flexibility index (Phi) is 5.91. The summed E-state index contributed by atoms with van der Waals surface area (Å²) in [5.74, 6) is 0.915. The molecule has 0 atom stereocenters. The van der Waals surface area contributed by atoms with Gasteiger partial charge in [-0.15, -0.1) is 0 Å². The molecule has 2 amide bonds. The maximum atomic E-state index is 11.9. The van der Waals surface area contributed by atoms with Crippen molar-refractivity contribution in [3.8, 4) is 5.75 Å². The molecule has 0 saturated carbocycles. The third-order valence-electron chi connectivity index (χ3n) is 5.03. The second-order valence-electron chi connectivity index (χ2n) is 6.59. The first-order valence-electron chi connectivity index (χ1n) is 9.09. The lowest BCUT2D eigenvalue weighted by Gasteiger charge is -2.41. The molecule has 1 aromatic heterocycles. The molecule has 1 N–H and O–H groups in total. The van der Waals surface area contributed by atoms with E-state index in [-0.39, 0.29) is 6.03 Å². The lowest BCUT2D eigenvalue weighted by atomic mass is 9.99. The molecule has 2 aliphatic rings. The van der Waals surface area contributed by atoms with Gasteiger partial charge in [-0.3, -0.25) is 9.88 Å². The lowest BCUT2D eigenvalue weighted by molar-refractivity contribution is 0.0536. The van der Waals surface area contributed by atoms with Crippen molar-refractivity contribution in [2.75, 3.05) is 32.7 Å². The zero-order valence-electron chi connectivity index (χ0n) is 14.5. The van der Waals surface area contributed by atoms with Crippen LogP contribution in [0, 0.1) is 0 Å². The Morgan fingerprint density at radius 2 is 1.83 bits per heavy atom. The van der Waals surface area contributed by atoms with E-state index in [1.165, 1.54) is 0 Å². The molecule has 0 unspecified atom stereocenters. The topological polar surface area (TPSA) is 57.7 Å². The largest absolute Gasteiger partial charge is 0.490 e. The van der Waals surface area contributed by atoms with Crippen LogP contribution < -0.4 is 10.1 Å². The van der Waals surface area contributed by atoms with Crippen LogP contribution in [0.25, 0.3) is 0 Å². The highest BCUT2D eigenvalue weighted by molar-refractivity contribution is 5.74. The third-order valence-corrected chi connectivity index (χ3v) is 5.03. The Morgan fingerprint density at radius 1 is 1.17 bits per heavy atom. The van der Waals surface area contributed by atoms with Gasteiger partial charge in [-0.05, 0) is 44.7 Å². The van der Waals surface area contributed by atoms with Crippen LogP contribution >= 0.6 is 0 Å². The Morgan fingerprint density at radius 3 is 2.46 bits per heavy atom. The number of hydrogen-bond donors (Lipinski definition) is 1. The number of nitrogens with zero attached hydrogens (tertiary/aromatic N) is 3. The Labute approximate surface area is 144 Å². The zero-order valence-corrected chi connectivity index (χ0v) is 14.5. The SMILES string of the molecule is CCNC(=O)N1CCC(N2CCC(Oc3ccncc3)CC2)CC1. The highest BCUT2D eigenvalue weighted by Gasteiger charge is 2.30. The van der Waals surface area contributed by atoms with E-state index in [0.29, 0.717) is 18.7 Å². The highest BCUT2D eigenvalue weighted by Crippen LogP contribution is 2.23. The van der Waals surface area contributed by atoms with Crippen LogP contribution in [-0.4, -0.2) is 65.7 Å². The van der Waals surface area contributed by atoms with Gasteiger partial charge in [0.2, 0.25) is 0 Å². The molecule has 0 spiro atoms. The Bertz CT molecular complexity index is 509. The fourth-order valence-corrected chi connectivity index (χ4v) is 3.67. The molecule has 3 heterocycles. The molecule has 24 heavy (non-hydrogen) atoms. The maximum Gasteiger partial charge on any atom is 0.317 e. The molecule has 2 saturated heterocycles. The van der Waals surface area contributed by atoms with Crippen LogP contribution in [-0.2, 0) is 0 Å². The van der Waals surface area contributed by atoms with Gasteiger partial charge in [0.1, 0.15) is 11.9 Å². The molecule has 2 fully saturated rings. The van der Waals surface area contributed by atoms with Gasteiger partial charge < -0.3 is 15.0 Å². The first-order chi connectivity index (χ1) is 11.8. The van der Waals surface area contributed by atoms with E-state index in [4.69, 9.17) is 4.74 Å². The molecule has 2 aliphatic heterocycles. The number of carbonyl (C=O) groups excluding carboxylic acids is 1. The Hall–Kier alpha value is -1.82. The predicted octanol–water partition coefficient (Wildman–Crippen LogP) is 2.12. The van der Waals surface area contributed by atoms with E-state index in [1.54, 1.807) is 12.4 Å². The van der Waals surface area contributed by atoms with Crippen molar-refractivity contribution in [3.63, 3.8) is 0 Å². The molecule has 3 rings (SSSR count). The van der Waals surface area contributed by atoms with Crippen LogP contribution in [0.3, 0.4) is 0 Å². The summed E-state index contributed by atoms with van der Waals surface area (Å²) in [6, 6.07) is 4.53. The molecule has 1 aromatic rings. The van der Waals surface area contributed by atoms with Gasteiger partial charge in [0.15, 0.2) is 0 Å². The molecule has 0 bridgehead atoms. The summed E-state index contributed by atoms with van der Waals surface area (Å²) in [4.78, 5) is 20.4. The van der Waals surface area contributed by atoms with Gasteiger partial charge in [-0.25, -0.2) is 4.79 Å². The van der Waals surface area contributed by atoms with Crippen molar-refractivity contribution < 1.29 is 9.53 Å². The molecule has 0 aliphatic carbocycles. The highest BCUT2D eigenvalue weighted by atomic mass is 16.5. The van der Waals surface area contributed by atoms with Crippen LogP contribution in [0.1, 0.15) is 32.6 Å². The number of pyridine rings is 1. The number of amides is 2. The molecular formula is C18H28N4O2. The number of urea groups is 1. The van der Waals surface area contributed by atoms with E-state index in [1.807, 2.05) is 24.0 Å². The fourth-order valence-electron chi connectivity index (χ4n) is 3.67. The monoisotopic (exact) mass is 332 g/mol. The minimum atomic E-state index is 0.0837. The molecule has 6 heteroatoms. The fraction of sp³-hybridized carbons (Fsp3) is 0.667. The van der Waals surface area contributed by atoms with Crippen molar-refractivity contribution in [1.82, 2.24) is 20.1 Å². The molecule has 0 radical (unpaired) electrons.